The molecule has 1 aromatic heterocycles. The lowest BCUT2D eigenvalue weighted by Crippen LogP contribution is -2.00. The Kier molecular flexibility index (Phi) is 2.31. The minimum atomic E-state index is -0.258. The number of benzene rings is 1. The zero-order chi connectivity index (χ0) is 11.8. The molecular formula is C12H12FN3O. The highest BCUT2D eigenvalue weighted by Crippen LogP contribution is 2.26. The molecule has 1 saturated carbocycles. The van der Waals surface area contributed by atoms with Gasteiger partial charge in [-0.25, -0.2) is 4.39 Å². The van der Waals surface area contributed by atoms with Gasteiger partial charge >= 0.3 is 6.01 Å². The van der Waals surface area contributed by atoms with Crippen molar-refractivity contribution in [1.29, 1.82) is 0 Å². The van der Waals surface area contributed by atoms with Gasteiger partial charge in [0.2, 0.25) is 5.82 Å². The standard InChI is InChI=1S/C12H12FN3O/c1-7-6-8(13)2-5-10(7)11-15-12(17-16-11)14-9-3-4-9/h2,5-6,9H,3-4H2,1H3,(H,14,15,16). The Bertz CT molecular complexity index is 548. The van der Waals surface area contributed by atoms with Crippen molar-refractivity contribution in [1.82, 2.24) is 10.1 Å². The van der Waals surface area contributed by atoms with Gasteiger partial charge < -0.3 is 9.84 Å². The largest absolute Gasteiger partial charge is 0.335 e. The average Bonchev–Trinajstić information content (AvgIpc) is 2.96. The number of hydrogen-bond donors (Lipinski definition) is 1. The fraction of sp³-hybridized carbons (Fsp3) is 0.333. The van der Waals surface area contributed by atoms with E-state index in [4.69, 9.17) is 4.52 Å². The molecule has 1 aliphatic rings. The molecule has 3 rings (SSSR count). The summed E-state index contributed by atoms with van der Waals surface area (Å²) >= 11 is 0. The number of rotatable bonds is 3. The Labute approximate surface area is 97.8 Å². The lowest BCUT2D eigenvalue weighted by molar-refractivity contribution is 0.432. The van der Waals surface area contributed by atoms with E-state index in [1.807, 2.05) is 6.92 Å². The lowest BCUT2D eigenvalue weighted by atomic mass is 10.1. The third-order valence-corrected chi connectivity index (χ3v) is 2.76. The third-order valence-electron chi connectivity index (χ3n) is 2.76. The van der Waals surface area contributed by atoms with E-state index in [1.165, 1.54) is 12.1 Å². The summed E-state index contributed by atoms with van der Waals surface area (Å²) in [4.78, 5) is 4.24. The van der Waals surface area contributed by atoms with Crippen LogP contribution in [-0.4, -0.2) is 16.2 Å². The Morgan fingerprint density at radius 3 is 2.94 bits per heavy atom. The van der Waals surface area contributed by atoms with Crippen LogP contribution < -0.4 is 5.32 Å². The monoisotopic (exact) mass is 233 g/mol. The van der Waals surface area contributed by atoms with Crippen LogP contribution in [-0.2, 0) is 0 Å². The number of nitrogens with zero attached hydrogens (tertiary/aromatic N) is 2. The molecule has 0 atom stereocenters. The van der Waals surface area contributed by atoms with Crippen molar-refractivity contribution < 1.29 is 8.91 Å². The zero-order valence-electron chi connectivity index (χ0n) is 9.40. The van der Waals surface area contributed by atoms with Crippen LogP contribution in [0.1, 0.15) is 18.4 Å². The first-order chi connectivity index (χ1) is 8.22. The van der Waals surface area contributed by atoms with E-state index in [0.29, 0.717) is 17.9 Å². The van der Waals surface area contributed by atoms with Crippen molar-refractivity contribution >= 4 is 6.01 Å². The summed E-state index contributed by atoms with van der Waals surface area (Å²) in [5.41, 5.74) is 1.59. The third kappa shape index (κ3) is 2.13. The topological polar surface area (TPSA) is 51.0 Å². The van der Waals surface area contributed by atoms with Crippen LogP contribution in [0.2, 0.25) is 0 Å². The fourth-order valence-corrected chi connectivity index (χ4v) is 1.67. The maximum atomic E-state index is 13.0. The van der Waals surface area contributed by atoms with Crippen LogP contribution in [0.4, 0.5) is 10.4 Å². The normalized spacial score (nSPS) is 14.9. The molecule has 1 aromatic carbocycles. The van der Waals surface area contributed by atoms with Gasteiger partial charge in [0.15, 0.2) is 0 Å². The summed E-state index contributed by atoms with van der Waals surface area (Å²) in [7, 11) is 0. The summed E-state index contributed by atoms with van der Waals surface area (Å²) in [5, 5.41) is 7.01. The SMILES string of the molecule is Cc1cc(F)ccc1-c1noc(NC2CC2)n1. The van der Waals surface area contributed by atoms with E-state index < -0.39 is 0 Å². The van der Waals surface area contributed by atoms with Crippen LogP contribution in [0.15, 0.2) is 22.7 Å². The highest BCUT2D eigenvalue weighted by atomic mass is 19.1. The second-order valence-corrected chi connectivity index (χ2v) is 4.30. The number of hydrogen-bond acceptors (Lipinski definition) is 4. The van der Waals surface area contributed by atoms with Crippen LogP contribution in [0.25, 0.3) is 11.4 Å². The van der Waals surface area contributed by atoms with Crippen LogP contribution in [0.3, 0.4) is 0 Å². The number of halogens is 1. The molecule has 17 heavy (non-hydrogen) atoms. The minimum Gasteiger partial charge on any atom is -0.335 e. The molecule has 0 saturated heterocycles. The smallest absolute Gasteiger partial charge is 0.322 e. The lowest BCUT2D eigenvalue weighted by Gasteiger charge is -1.99. The molecule has 0 amide bonds. The van der Waals surface area contributed by atoms with Gasteiger partial charge in [-0.15, -0.1) is 0 Å². The second-order valence-electron chi connectivity index (χ2n) is 4.30. The Balaban J connectivity index is 1.89. The molecule has 1 N–H and O–H groups in total. The molecule has 5 heteroatoms. The first kappa shape index (κ1) is 10.3. The fourth-order valence-electron chi connectivity index (χ4n) is 1.67. The molecule has 88 valence electrons. The van der Waals surface area contributed by atoms with Gasteiger partial charge in [-0.05, 0) is 43.5 Å². The van der Waals surface area contributed by atoms with Crippen molar-refractivity contribution in [2.45, 2.75) is 25.8 Å². The van der Waals surface area contributed by atoms with E-state index in [1.54, 1.807) is 6.07 Å². The maximum Gasteiger partial charge on any atom is 0.322 e. The van der Waals surface area contributed by atoms with E-state index in [9.17, 15) is 4.39 Å². The van der Waals surface area contributed by atoms with Gasteiger partial charge in [-0.1, -0.05) is 5.16 Å². The predicted molar refractivity (Wildman–Crippen MR) is 61.1 cm³/mol. The van der Waals surface area contributed by atoms with Crippen molar-refractivity contribution in [3.8, 4) is 11.4 Å². The molecule has 0 radical (unpaired) electrons. The van der Waals surface area contributed by atoms with Crippen LogP contribution >= 0.6 is 0 Å². The summed E-state index contributed by atoms with van der Waals surface area (Å²) in [6.45, 7) is 1.82. The summed E-state index contributed by atoms with van der Waals surface area (Å²) in [6.07, 6.45) is 2.29. The molecule has 4 nitrogen and oxygen atoms in total. The quantitative estimate of drug-likeness (QED) is 0.885. The van der Waals surface area contributed by atoms with E-state index in [2.05, 4.69) is 15.5 Å². The highest BCUT2D eigenvalue weighted by molar-refractivity contribution is 5.60. The summed E-state index contributed by atoms with van der Waals surface area (Å²) in [6, 6.07) is 5.42. The Hall–Kier alpha value is -1.91. The molecule has 0 aliphatic heterocycles. The van der Waals surface area contributed by atoms with Crippen molar-refractivity contribution in [2.24, 2.45) is 0 Å². The second kappa shape index (κ2) is 3.84. The molecule has 0 spiro atoms. The number of aromatic nitrogens is 2. The minimum absolute atomic E-state index is 0.258. The molecule has 1 heterocycles. The molecule has 0 unspecified atom stereocenters. The first-order valence-electron chi connectivity index (χ1n) is 5.59. The number of aryl methyl sites for hydroxylation is 1. The van der Waals surface area contributed by atoms with Gasteiger partial charge in [0.05, 0.1) is 0 Å². The van der Waals surface area contributed by atoms with Gasteiger partial charge in [0, 0.05) is 11.6 Å². The average molecular weight is 233 g/mol. The Morgan fingerprint density at radius 1 is 1.41 bits per heavy atom. The maximum absolute atomic E-state index is 13.0. The zero-order valence-corrected chi connectivity index (χ0v) is 9.40. The van der Waals surface area contributed by atoms with Crippen molar-refractivity contribution in [2.75, 3.05) is 5.32 Å². The first-order valence-corrected chi connectivity index (χ1v) is 5.59. The van der Waals surface area contributed by atoms with Gasteiger partial charge in [0.1, 0.15) is 5.82 Å². The molecule has 1 aliphatic carbocycles. The van der Waals surface area contributed by atoms with Crippen molar-refractivity contribution in [3.63, 3.8) is 0 Å². The highest BCUT2D eigenvalue weighted by Gasteiger charge is 2.23. The van der Waals surface area contributed by atoms with E-state index >= 15 is 0 Å². The van der Waals surface area contributed by atoms with Gasteiger partial charge in [0.25, 0.3) is 0 Å². The molecule has 0 bridgehead atoms. The number of nitrogens with one attached hydrogen (secondary N) is 1. The predicted octanol–water partition coefficient (Wildman–Crippen LogP) is 2.76. The van der Waals surface area contributed by atoms with Crippen LogP contribution in [0, 0.1) is 12.7 Å². The summed E-state index contributed by atoms with van der Waals surface area (Å²) in [5.74, 6) is 0.233. The van der Waals surface area contributed by atoms with E-state index in [-0.39, 0.29) is 5.82 Å². The van der Waals surface area contributed by atoms with Gasteiger partial charge in [-0.3, -0.25) is 0 Å². The van der Waals surface area contributed by atoms with Crippen LogP contribution in [0.5, 0.6) is 0 Å². The van der Waals surface area contributed by atoms with Gasteiger partial charge in [-0.2, -0.15) is 4.98 Å². The molecule has 2 aromatic rings. The summed E-state index contributed by atoms with van der Waals surface area (Å²) < 4.78 is 18.1. The van der Waals surface area contributed by atoms with E-state index in [0.717, 1.165) is 24.0 Å². The van der Waals surface area contributed by atoms with Crippen molar-refractivity contribution in [3.05, 3.63) is 29.6 Å². The number of anilines is 1. The Morgan fingerprint density at radius 2 is 2.24 bits per heavy atom. The molecule has 1 fully saturated rings. The molecular weight excluding hydrogens is 221 g/mol.